The summed E-state index contributed by atoms with van der Waals surface area (Å²) < 4.78 is 46.6. The summed E-state index contributed by atoms with van der Waals surface area (Å²) in [4.78, 5) is 26.7. The summed E-state index contributed by atoms with van der Waals surface area (Å²) >= 11 is 5.66. The Kier molecular flexibility index (Phi) is 7.77. The average molecular weight is 530 g/mol. The lowest BCUT2D eigenvalue weighted by Gasteiger charge is -2.21. The molecule has 192 valence electrons. The predicted octanol–water partition coefficient (Wildman–Crippen LogP) is 5.30. The molecule has 0 N–H and O–H groups in total. The number of rotatable bonds is 8. The first kappa shape index (κ1) is 26.2. The van der Waals surface area contributed by atoms with Gasteiger partial charge in [-0.25, -0.2) is 9.97 Å². The summed E-state index contributed by atoms with van der Waals surface area (Å²) in [5, 5.41) is -0.383. The topological polar surface area (TPSA) is 73.1 Å². The molecule has 4 aromatic rings. The number of nitrogens with zero attached hydrogens (tertiary/aromatic N) is 5. The molecule has 2 aromatic heterocycles. The van der Waals surface area contributed by atoms with Crippen molar-refractivity contribution < 1.29 is 17.9 Å². The number of hydrogen-bond donors (Lipinski definition) is 0. The normalized spacial score (nSPS) is 11.4. The molecule has 2 aromatic carbocycles. The van der Waals surface area contributed by atoms with Crippen molar-refractivity contribution in [3.63, 3.8) is 0 Å². The summed E-state index contributed by atoms with van der Waals surface area (Å²) in [5.74, 6) is 0.969. The molecule has 0 spiro atoms. The van der Waals surface area contributed by atoms with Gasteiger partial charge >= 0.3 is 6.18 Å². The van der Waals surface area contributed by atoms with Gasteiger partial charge in [0.25, 0.3) is 5.56 Å². The van der Waals surface area contributed by atoms with E-state index in [4.69, 9.17) is 16.3 Å². The number of halogens is 4. The minimum atomic E-state index is -4.57. The first-order chi connectivity index (χ1) is 17.6. The molecular weight excluding hydrogens is 507 g/mol. The zero-order valence-electron chi connectivity index (χ0n) is 20.0. The van der Waals surface area contributed by atoms with Crippen LogP contribution in [0.25, 0.3) is 0 Å². The van der Waals surface area contributed by atoms with Crippen LogP contribution in [0.4, 0.5) is 19.1 Å². The minimum absolute atomic E-state index is 0.0411. The third kappa shape index (κ3) is 6.65. The Morgan fingerprint density at radius 2 is 1.70 bits per heavy atom. The van der Waals surface area contributed by atoms with Crippen LogP contribution >= 0.6 is 11.6 Å². The molecule has 0 saturated heterocycles. The average Bonchev–Trinajstić information content (AvgIpc) is 2.86. The van der Waals surface area contributed by atoms with Crippen LogP contribution < -0.4 is 15.2 Å². The van der Waals surface area contributed by atoms with Crippen LogP contribution in [0.3, 0.4) is 0 Å². The molecule has 7 nitrogen and oxygen atoms in total. The van der Waals surface area contributed by atoms with E-state index in [2.05, 4.69) is 15.0 Å². The third-order valence-corrected chi connectivity index (χ3v) is 5.96. The lowest BCUT2D eigenvalue weighted by Crippen LogP contribution is -2.29. The highest BCUT2D eigenvalue weighted by Gasteiger charge is 2.33. The summed E-state index contributed by atoms with van der Waals surface area (Å²) in [7, 11) is 3.68. The molecule has 0 aliphatic rings. The Hall–Kier alpha value is -3.92. The van der Waals surface area contributed by atoms with Crippen LogP contribution in [0.15, 0.2) is 72.2 Å². The Labute approximate surface area is 216 Å². The van der Waals surface area contributed by atoms with E-state index in [1.165, 1.54) is 12.4 Å². The molecular formula is C26H23ClF3N5O2. The molecule has 0 bridgehead atoms. The molecule has 11 heteroatoms. The van der Waals surface area contributed by atoms with Crippen LogP contribution in [0.2, 0.25) is 5.02 Å². The van der Waals surface area contributed by atoms with Gasteiger partial charge in [0, 0.05) is 51.2 Å². The van der Waals surface area contributed by atoms with Crippen LogP contribution in [-0.2, 0) is 26.1 Å². The van der Waals surface area contributed by atoms with E-state index >= 15 is 0 Å². The second-order valence-electron chi connectivity index (χ2n) is 8.46. The van der Waals surface area contributed by atoms with E-state index in [0.717, 1.165) is 23.3 Å². The number of hydrogen-bond acceptors (Lipinski definition) is 6. The van der Waals surface area contributed by atoms with Gasteiger partial charge in [0.1, 0.15) is 17.8 Å². The first-order valence-corrected chi connectivity index (χ1v) is 11.6. The van der Waals surface area contributed by atoms with Crippen molar-refractivity contribution in [3.05, 3.63) is 105 Å². The van der Waals surface area contributed by atoms with Gasteiger partial charge in [-0.3, -0.25) is 4.79 Å². The van der Waals surface area contributed by atoms with E-state index in [1.54, 1.807) is 35.3 Å². The van der Waals surface area contributed by atoms with Gasteiger partial charge < -0.3 is 14.2 Å². The van der Waals surface area contributed by atoms with Crippen LogP contribution in [0.5, 0.6) is 11.5 Å². The molecule has 0 fully saturated rings. The first-order valence-electron chi connectivity index (χ1n) is 11.3. The molecule has 4 rings (SSSR count). The minimum Gasteiger partial charge on any atom is -0.457 e. The lowest BCUT2D eigenvalue weighted by atomic mass is 10.1. The maximum absolute atomic E-state index is 13.1. The van der Waals surface area contributed by atoms with Gasteiger partial charge in [0.05, 0.1) is 10.6 Å². The fourth-order valence-corrected chi connectivity index (χ4v) is 3.97. The SMILES string of the molecule is CN(CCc1ccc(Oc2ccc(Cl)c(C(F)(F)F)c2)cc1)c1nc(=O)c(Cc2cncnc2)cn1C. The number of likely N-dealkylation sites (N-methyl/N-ethyl adjacent to an activating group) is 1. The second-order valence-corrected chi connectivity index (χ2v) is 8.87. The second kappa shape index (κ2) is 11.0. The van der Waals surface area contributed by atoms with Crippen molar-refractivity contribution in [1.82, 2.24) is 19.5 Å². The van der Waals surface area contributed by atoms with Crippen molar-refractivity contribution in [2.45, 2.75) is 19.0 Å². The predicted molar refractivity (Wildman–Crippen MR) is 134 cm³/mol. The van der Waals surface area contributed by atoms with E-state index in [9.17, 15) is 18.0 Å². The zero-order valence-corrected chi connectivity index (χ0v) is 20.8. The molecule has 0 unspecified atom stereocenters. The number of benzene rings is 2. The van der Waals surface area contributed by atoms with Crippen LogP contribution in [0.1, 0.15) is 22.3 Å². The molecule has 0 amide bonds. The smallest absolute Gasteiger partial charge is 0.417 e. The summed E-state index contributed by atoms with van der Waals surface area (Å²) in [6.45, 7) is 0.582. The van der Waals surface area contributed by atoms with Crippen molar-refractivity contribution in [2.75, 3.05) is 18.5 Å². The van der Waals surface area contributed by atoms with E-state index in [-0.39, 0.29) is 16.3 Å². The summed E-state index contributed by atoms with van der Waals surface area (Å²) in [6, 6.07) is 10.5. The van der Waals surface area contributed by atoms with Gasteiger partial charge in [-0.05, 0) is 47.9 Å². The van der Waals surface area contributed by atoms with Crippen LogP contribution in [-0.4, -0.2) is 33.1 Å². The highest BCUT2D eigenvalue weighted by molar-refractivity contribution is 6.31. The van der Waals surface area contributed by atoms with Crippen molar-refractivity contribution in [2.24, 2.45) is 7.05 Å². The van der Waals surface area contributed by atoms with E-state index in [0.29, 0.717) is 36.6 Å². The lowest BCUT2D eigenvalue weighted by molar-refractivity contribution is -0.137. The molecule has 0 radical (unpaired) electrons. The maximum atomic E-state index is 13.1. The number of alkyl halides is 3. The fraction of sp³-hybridized carbons (Fsp3) is 0.231. The molecule has 0 aliphatic carbocycles. The third-order valence-electron chi connectivity index (χ3n) is 5.63. The molecule has 0 aliphatic heterocycles. The number of anilines is 1. The summed E-state index contributed by atoms with van der Waals surface area (Å²) in [6.07, 6.45) is 3.01. The summed E-state index contributed by atoms with van der Waals surface area (Å²) in [5.41, 5.74) is 1.11. The van der Waals surface area contributed by atoms with Gasteiger partial charge in [-0.2, -0.15) is 18.2 Å². The van der Waals surface area contributed by atoms with Crippen molar-refractivity contribution >= 4 is 17.5 Å². The monoisotopic (exact) mass is 529 g/mol. The van der Waals surface area contributed by atoms with Gasteiger partial charge in [-0.15, -0.1) is 0 Å². The van der Waals surface area contributed by atoms with Crippen molar-refractivity contribution in [3.8, 4) is 11.5 Å². The highest BCUT2D eigenvalue weighted by Crippen LogP contribution is 2.37. The molecule has 37 heavy (non-hydrogen) atoms. The Morgan fingerprint density at radius 3 is 2.38 bits per heavy atom. The quantitative estimate of drug-likeness (QED) is 0.308. The highest BCUT2D eigenvalue weighted by atomic mass is 35.5. The van der Waals surface area contributed by atoms with Crippen LogP contribution in [0, 0.1) is 0 Å². The van der Waals surface area contributed by atoms with Gasteiger partial charge in [-0.1, -0.05) is 23.7 Å². The van der Waals surface area contributed by atoms with Crippen molar-refractivity contribution in [1.29, 1.82) is 0 Å². The molecule has 0 atom stereocenters. The fourth-order valence-electron chi connectivity index (χ4n) is 3.75. The standard InChI is InChI=1S/C26H23ClF3N5O2/c1-34(25-33-24(36)19(15-35(25)2)11-18-13-31-16-32-14-18)10-9-17-3-5-20(6-4-17)37-21-7-8-23(27)22(12-21)26(28,29)30/h3-8,12-16H,9-11H2,1-2H3. The van der Waals surface area contributed by atoms with Gasteiger partial charge in [0.2, 0.25) is 5.95 Å². The van der Waals surface area contributed by atoms with E-state index < -0.39 is 11.7 Å². The maximum Gasteiger partial charge on any atom is 0.417 e. The Bertz CT molecular complexity index is 1430. The zero-order chi connectivity index (χ0) is 26.6. The molecule has 0 saturated carbocycles. The molecule has 2 heterocycles. The number of ether oxygens (including phenoxy) is 1. The largest absolute Gasteiger partial charge is 0.457 e. The van der Waals surface area contributed by atoms with E-state index in [1.807, 2.05) is 31.1 Å². The Balaban J connectivity index is 1.38. The Morgan fingerprint density at radius 1 is 1.03 bits per heavy atom. The number of aryl methyl sites for hydroxylation is 1. The number of aromatic nitrogens is 4. The van der Waals surface area contributed by atoms with Gasteiger partial charge in [0.15, 0.2) is 0 Å².